The molecule has 2 heterocycles. The fraction of sp³-hybridized carbons (Fsp3) is 0.714. The minimum Gasteiger partial charge on any atom is -0.365 e. The van der Waals surface area contributed by atoms with E-state index in [0.717, 1.165) is 6.54 Å². The van der Waals surface area contributed by atoms with Crippen LogP contribution in [0.15, 0.2) is 12.3 Å². The molecule has 16 heavy (non-hydrogen) atoms. The SMILES string of the molecule is CC[C@H]1Cc2[nH]ccc2[C@@H](C(C)C)N1CC. The Hall–Kier alpha value is -0.760. The van der Waals surface area contributed by atoms with E-state index in [9.17, 15) is 0 Å². The van der Waals surface area contributed by atoms with Crippen molar-refractivity contribution in [3.63, 3.8) is 0 Å². The number of aromatic nitrogens is 1. The molecule has 1 N–H and O–H groups in total. The Morgan fingerprint density at radius 1 is 1.44 bits per heavy atom. The van der Waals surface area contributed by atoms with Crippen LogP contribution in [0.1, 0.15) is 51.4 Å². The van der Waals surface area contributed by atoms with Crippen molar-refractivity contribution in [2.24, 2.45) is 5.92 Å². The maximum atomic E-state index is 3.42. The molecule has 1 aromatic heterocycles. The van der Waals surface area contributed by atoms with Crippen molar-refractivity contribution in [2.75, 3.05) is 6.54 Å². The van der Waals surface area contributed by atoms with E-state index in [1.807, 2.05) is 0 Å². The van der Waals surface area contributed by atoms with E-state index in [1.165, 1.54) is 24.1 Å². The van der Waals surface area contributed by atoms with E-state index in [0.29, 0.717) is 18.0 Å². The van der Waals surface area contributed by atoms with E-state index in [4.69, 9.17) is 0 Å². The monoisotopic (exact) mass is 220 g/mol. The number of H-pyrrole nitrogens is 1. The molecule has 0 saturated carbocycles. The van der Waals surface area contributed by atoms with Crippen LogP contribution in [0.3, 0.4) is 0 Å². The molecule has 0 amide bonds. The topological polar surface area (TPSA) is 19.0 Å². The number of hydrogen-bond donors (Lipinski definition) is 1. The summed E-state index contributed by atoms with van der Waals surface area (Å²) in [5.41, 5.74) is 3.00. The highest BCUT2D eigenvalue weighted by Gasteiger charge is 2.34. The quantitative estimate of drug-likeness (QED) is 0.827. The molecule has 2 nitrogen and oxygen atoms in total. The molecule has 0 unspecified atom stereocenters. The molecule has 0 aliphatic carbocycles. The molecule has 90 valence electrons. The highest BCUT2D eigenvalue weighted by molar-refractivity contribution is 5.29. The third-order valence-electron chi connectivity index (χ3n) is 3.92. The van der Waals surface area contributed by atoms with Gasteiger partial charge in [0.1, 0.15) is 0 Å². The molecule has 2 heteroatoms. The summed E-state index contributed by atoms with van der Waals surface area (Å²) in [4.78, 5) is 6.11. The maximum Gasteiger partial charge on any atom is 0.0391 e. The Kier molecular flexibility index (Phi) is 3.38. The minimum absolute atomic E-state index is 0.602. The summed E-state index contributed by atoms with van der Waals surface area (Å²) in [7, 11) is 0. The Balaban J connectivity index is 2.38. The Labute approximate surface area is 99.0 Å². The van der Waals surface area contributed by atoms with Crippen molar-refractivity contribution in [1.82, 2.24) is 9.88 Å². The van der Waals surface area contributed by atoms with Gasteiger partial charge in [0, 0.05) is 30.4 Å². The van der Waals surface area contributed by atoms with Crippen LogP contribution >= 0.6 is 0 Å². The van der Waals surface area contributed by atoms with Crippen molar-refractivity contribution >= 4 is 0 Å². The molecule has 1 aromatic rings. The molecule has 1 aliphatic rings. The molecule has 0 saturated heterocycles. The molecule has 0 aromatic carbocycles. The van der Waals surface area contributed by atoms with Crippen LogP contribution < -0.4 is 0 Å². The Morgan fingerprint density at radius 3 is 2.75 bits per heavy atom. The lowest BCUT2D eigenvalue weighted by atomic mass is 9.86. The fourth-order valence-corrected chi connectivity index (χ4v) is 3.20. The smallest absolute Gasteiger partial charge is 0.0391 e. The van der Waals surface area contributed by atoms with Gasteiger partial charge in [-0.15, -0.1) is 0 Å². The van der Waals surface area contributed by atoms with Crippen LogP contribution in [0.25, 0.3) is 0 Å². The van der Waals surface area contributed by atoms with Gasteiger partial charge in [-0.2, -0.15) is 0 Å². The second-order valence-electron chi connectivity index (χ2n) is 5.20. The van der Waals surface area contributed by atoms with E-state index in [-0.39, 0.29) is 0 Å². The fourth-order valence-electron chi connectivity index (χ4n) is 3.20. The third-order valence-corrected chi connectivity index (χ3v) is 3.92. The number of fused-ring (bicyclic) bond motifs is 1. The number of nitrogens with one attached hydrogen (secondary N) is 1. The van der Waals surface area contributed by atoms with Crippen molar-refractivity contribution in [2.45, 2.75) is 52.6 Å². The number of aromatic amines is 1. The Bertz CT molecular complexity index is 340. The van der Waals surface area contributed by atoms with Gasteiger partial charge in [-0.1, -0.05) is 27.7 Å². The lowest BCUT2D eigenvalue weighted by molar-refractivity contribution is 0.0893. The second-order valence-corrected chi connectivity index (χ2v) is 5.20. The molecular weight excluding hydrogens is 196 g/mol. The van der Waals surface area contributed by atoms with Crippen molar-refractivity contribution < 1.29 is 0 Å². The average Bonchev–Trinajstić information content (AvgIpc) is 2.73. The second kappa shape index (κ2) is 4.62. The number of likely N-dealkylation sites (N-methyl/N-ethyl adjacent to an activating group) is 1. The van der Waals surface area contributed by atoms with Gasteiger partial charge in [-0.05, 0) is 30.5 Å². The van der Waals surface area contributed by atoms with Gasteiger partial charge < -0.3 is 4.98 Å². The van der Waals surface area contributed by atoms with Gasteiger partial charge >= 0.3 is 0 Å². The first kappa shape index (κ1) is 11.7. The normalized spacial score (nSPS) is 26.1. The van der Waals surface area contributed by atoms with Crippen LogP contribution in [0.5, 0.6) is 0 Å². The number of hydrogen-bond acceptors (Lipinski definition) is 1. The van der Waals surface area contributed by atoms with Gasteiger partial charge in [-0.25, -0.2) is 0 Å². The van der Waals surface area contributed by atoms with Gasteiger partial charge in [-0.3, -0.25) is 4.90 Å². The average molecular weight is 220 g/mol. The molecule has 0 fully saturated rings. The van der Waals surface area contributed by atoms with Crippen LogP contribution in [0, 0.1) is 5.92 Å². The highest BCUT2D eigenvalue weighted by atomic mass is 15.2. The minimum atomic E-state index is 0.602. The first-order valence-electron chi connectivity index (χ1n) is 6.60. The van der Waals surface area contributed by atoms with Crippen LogP contribution in [-0.4, -0.2) is 22.5 Å². The zero-order chi connectivity index (χ0) is 11.7. The van der Waals surface area contributed by atoms with Crippen molar-refractivity contribution in [3.05, 3.63) is 23.5 Å². The first-order valence-corrected chi connectivity index (χ1v) is 6.60. The standard InChI is InChI=1S/C14H24N2/c1-5-11-9-13-12(7-8-15-13)14(10(3)4)16(11)6-2/h7-8,10-11,14-15H,5-6,9H2,1-4H3/t11-,14+/m0/s1. The number of rotatable bonds is 3. The largest absolute Gasteiger partial charge is 0.365 e. The van der Waals surface area contributed by atoms with E-state index in [1.54, 1.807) is 0 Å². The van der Waals surface area contributed by atoms with E-state index < -0.39 is 0 Å². The van der Waals surface area contributed by atoms with Crippen molar-refractivity contribution in [3.8, 4) is 0 Å². The summed E-state index contributed by atoms with van der Waals surface area (Å²) in [6.07, 6.45) is 4.54. The Morgan fingerprint density at radius 2 is 2.19 bits per heavy atom. The highest BCUT2D eigenvalue weighted by Crippen LogP contribution is 2.37. The molecule has 0 radical (unpaired) electrons. The van der Waals surface area contributed by atoms with Gasteiger partial charge in [0.25, 0.3) is 0 Å². The lowest BCUT2D eigenvalue weighted by Gasteiger charge is -2.43. The van der Waals surface area contributed by atoms with Gasteiger partial charge in [0.15, 0.2) is 0 Å². The van der Waals surface area contributed by atoms with Gasteiger partial charge in [0.05, 0.1) is 0 Å². The van der Waals surface area contributed by atoms with Crippen LogP contribution in [0.4, 0.5) is 0 Å². The first-order chi connectivity index (χ1) is 7.69. The summed E-state index contributed by atoms with van der Waals surface area (Å²) in [5.74, 6) is 0.684. The predicted molar refractivity (Wildman–Crippen MR) is 68.5 cm³/mol. The summed E-state index contributed by atoms with van der Waals surface area (Å²) in [6, 6.07) is 3.59. The van der Waals surface area contributed by atoms with Gasteiger partial charge in [0.2, 0.25) is 0 Å². The molecule has 2 atom stereocenters. The summed E-state index contributed by atoms with van der Waals surface area (Å²) >= 11 is 0. The molecule has 0 spiro atoms. The zero-order valence-corrected chi connectivity index (χ0v) is 11.0. The maximum absolute atomic E-state index is 3.42. The molecule has 1 aliphatic heterocycles. The van der Waals surface area contributed by atoms with E-state index >= 15 is 0 Å². The molecule has 0 bridgehead atoms. The third kappa shape index (κ3) is 1.80. The molecular formula is C14H24N2. The van der Waals surface area contributed by atoms with E-state index in [2.05, 4.69) is 49.8 Å². The number of nitrogens with zero attached hydrogens (tertiary/aromatic N) is 1. The van der Waals surface area contributed by atoms with Crippen molar-refractivity contribution in [1.29, 1.82) is 0 Å². The summed E-state index contributed by atoms with van der Waals surface area (Å²) < 4.78 is 0. The van der Waals surface area contributed by atoms with Crippen LogP contribution in [0.2, 0.25) is 0 Å². The summed E-state index contributed by atoms with van der Waals surface area (Å²) in [6.45, 7) is 10.4. The molecule has 2 rings (SSSR count). The van der Waals surface area contributed by atoms with Crippen LogP contribution in [-0.2, 0) is 6.42 Å². The zero-order valence-electron chi connectivity index (χ0n) is 11.0. The lowest BCUT2D eigenvalue weighted by Crippen LogP contribution is -2.45. The summed E-state index contributed by atoms with van der Waals surface area (Å²) in [5, 5.41) is 0. The predicted octanol–water partition coefficient (Wildman–Crippen LogP) is 3.37.